The fraction of sp³-hybridized carbons (Fsp3) is 0.242. The normalized spacial score (nSPS) is 15.1. The second kappa shape index (κ2) is 12.7. The third-order valence-corrected chi connectivity index (χ3v) is 7.23. The van der Waals surface area contributed by atoms with E-state index in [0.717, 1.165) is 22.4 Å². The van der Waals surface area contributed by atoms with Crippen LogP contribution in [0.25, 0.3) is 11.1 Å². The maximum atomic E-state index is 15.6. The van der Waals surface area contributed by atoms with Crippen LogP contribution in [0.3, 0.4) is 0 Å². The average molecular weight is 576 g/mol. The quantitative estimate of drug-likeness (QED) is 0.204. The molecule has 3 N–H and O–H groups in total. The van der Waals surface area contributed by atoms with Crippen LogP contribution in [0.1, 0.15) is 53.3 Å². The maximum absolute atomic E-state index is 15.6. The molecule has 4 aromatic carbocycles. The molecular formula is C33H31ClFNO5. The number of carboxylic acid groups (broad SMARTS) is 1. The zero-order valence-electron chi connectivity index (χ0n) is 22.6. The fourth-order valence-electron chi connectivity index (χ4n) is 5.03. The molecule has 0 radical (unpaired) electrons. The molecule has 0 saturated carbocycles. The van der Waals surface area contributed by atoms with E-state index in [1.165, 1.54) is 0 Å². The van der Waals surface area contributed by atoms with Gasteiger partial charge in [0.05, 0.1) is 25.7 Å². The molecule has 1 aliphatic heterocycles. The van der Waals surface area contributed by atoms with E-state index in [2.05, 4.69) is 0 Å². The van der Waals surface area contributed by atoms with Crippen LogP contribution in [-0.2, 0) is 29.2 Å². The van der Waals surface area contributed by atoms with Crippen LogP contribution in [-0.4, -0.2) is 17.7 Å². The summed E-state index contributed by atoms with van der Waals surface area (Å²) in [5.41, 5.74) is 10.6. The summed E-state index contributed by atoms with van der Waals surface area (Å²) in [7, 11) is 0. The number of ether oxygens (including phenoxy) is 3. The minimum absolute atomic E-state index is 0.152. The Morgan fingerprint density at radius 2 is 1.85 bits per heavy atom. The smallest absolute Gasteiger partial charge is 0.307 e. The first-order valence-electron chi connectivity index (χ1n) is 13.4. The molecule has 0 amide bonds. The molecule has 6 nitrogen and oxygen atoms in total. The maximum Gasteiger partial charge on any atom is 0.307 e. The van der Waals surface area contributed by atoms with Crippen LogP contribution in [0.2, 0.25) is 5.02 Å². The summed E-state index contributed by atoms with van der Waals surface area (Å²) in [4.78, 5) is 11.3. The lowest BCUT2D eigenvalue weighted by Crippen LogP contribution is -2.16. The van der Waals surface area contributed by atoms with Crippen LogP contribution in [0.15, 0.2) is 78.9 Å². The molecule has 5 rings (SSSR count). The standard InChI is InChI=1S/C33H31ClFNO5/c1-20(36)26-6-4-7-27(33(26)35)24-14-21(18-40-29-8-3-2-5-23(29)16-32(37)38)13-22(15-24)19-41-31-11-12-39-30-10-9-25(34)17-28(30)31/h2-10,13-15,17,20,31H,11-12,16,18-19,36H2,1H3,(H,37,38). The zero-order chi connectivity index (χ0) is 28.9. The van der Waals surface area contributed by atoms with Crippen molar-refractivity contribution in [3.63, 3.8) is 0 Å². The molecule has 0 fully saturated rings. The monoisotopic (exact) mass is 575 g/mol. The van der Waals surface area contributed by atoms with Crippen LogP contribution in [0.4, 0.5) is 4.39 Å². The summed E-state index contributed by atoms with van der Waals surface area (Å²) < 4.78 is 33.7. The van der Waals surface area contributed by atoms with Crippen molar-refractivity contribution in [3.8, 4) is 22.6 Å². The van der Waals surface area contributed by atoms with Crippen LogP contribution in [0, 0.1) is 5.82 Å². The van der Waals surface area contributed by atoms with Gasteiger partial charge in [0, 0.05) is 39.7 Å². The van der Waals surface area contributed by atoms with E-state index in [0.29, 0.717) is 46.1 Å². The highest BCUT2D eigenvalue weighted by Crippen LogP contribution is 2.37. The summed E-state index contributed by atoms with van der Waals surface area (Å²) in [6, 6.07) is 23.0. The molecule has 1 aliphatic rings. The minimum atomic E-state index is -0.942. The van der Waals surface area contributed by atoms with Crippen molar-refractivity contribution in [3.05, 3.63) is 118 Å². The van der Waals surface area contributed by atoms with Gasteiger partial charge in [-0.2, -0.15) is 0 Å². The molecule has 0 aromatic heterocycles. The molecule has 1 heterocycles. The van der Waals surface area contributed by atoms with Gasteiger partial charge >= 0.3 is 5.97 Å². The number of aliphatic carboxylic acids is 1. The van der Waals surface area contributed by atoms with E-state index in [-0.39, 0.29) is 31.6 Å². The van der Waals surface area contributed by atoms with Gasteiger partial charge in [0.25, 0.3) is 0 Å². The van der Waals surface area contributed by atoms with Crippen molar-refractivity contribution in [2.75, 3.05) is 6.61 Å². The third-order valence-electron chi connectivity index (χ3n) is 7.00. The Kier molecular flexibility index (Phi) is 8.88. The van der Waals surface area contributed by atoms with Crippen LogP contribution in [0.5, 0.6) is 11.5 Å². The highest BCUT2D eigenvalue weighted by Gasteiger charge is 2.23. The molecular weight excluding hydrogens is 545 g/mol. The largest absolute Gasteiger partial charge is 0.493 e. The predicted molar refractivity (Wildman–Crippen MR) is 156 cm³/mol. The molecule has 0 saturated heterocycles. The van der Waals surface area contributed by atoms with E-state index < -0.39 is 12.0 Å². The number of para-hydroxylation sites is 1. The van der Waals surface area contributed by atoms with E-state index in [1.54, 1.807) is 55.5 Å². The lowest BCUT2D eigenvalue weighted by molar-refractivity contribution is -0.136. The summed E-state index contributed by atoms with van der Waals surface area (Å²) in [6.07, 6.45) is 0.317. The Morgan fingerprint density at radius 1 is 1.07 bits per heavy atom. The van der Waals surface area contributed by atoms with Crippen molar-refractivity contribution in [2.45, 2.75) is 45.1 Å². The van der Waals surface area contributed by atoms with Crippen molar-refractivity contribution < 1.29 is 28.5 Å². The Bertz CT molecular complexity index is 1560. The highest BCUT2D eigenvalue weighted by atomic mass is 35.5. The van der Waals surface area contributed by atoms with E-state index in [1.807, 2.05) is 30.3 Å². The van der Waals surface area contributed by atoms with Crippen LogP contribution < -0.4 is 15.2 Å². The second-order valence-corrected chi connectivity index (χ2v) is 10.6. The Labute approximate surface area is 243 Å². The Hall–Kier alpha value is -3.91. The van der Waals surface area contributed by atoms with Gasteiger partial charge in [-0.1, -0.05) is 54.1 Å². The van der Waals surface area contributed by atoms with Crippen LogP contribution >= 0.6 is 11.6 Å². The number of benzene rings is 4. The van der Waals surface area contributed by atoms with E-state index >= 15 is 4.39 Å². The molecule has 0 spiro atoms. The third kappa shape index (κ3) is 6.88. The molecule has 0 aliphatic carbocycles. The first-order chi connectivity index (χ1) is 19.8. The number of carboxylic acids is 1. The lowest BCUT2D eigenvalue weighted by Gasteiger charge is -2.26. The number of rotatable bonds is 10. The summed E-state index contributed by atoms with van der Waals surface area (Å²) in [6.45, 7) is 2.70. The first-order valence-corrected chi connectivity index (χ1v) is 13.8. The van der Waals surface area contributed by atoms with Gasteiger partial charge in [-0.05, 0) is 60.0 Å². The molecule has 2 atom stereocenters. The number of hydrogen-bond acceptors (Lipinski definition) is 5. The van der Waals surface area contributed by atoms with Gasteiger partial charge < -0.3 is 25.1 Å². The SMILES string of the molecule is CC(N)c1cccc(-c2cc(COc3ccccc3CC(=O)O)cc(COC3CCOc4ccc(Cl)cc43)c2)c1F. The minimum Gasteiger partial charge on any atom is -0.493 e. The molecule has 0 bridgehead atoms. The topological polar surface area (TPSA) is 91.0 Å². The number of nitrogens with two attached hydrogens (primary N) is 1. The summed E-state index contributed by atoms with van der Waals surface area (Å²) in [5.74, 6) is -0.0718. The number of hydrogen-bond donors (Lipinski definition) is 2. The first kappa shape index (κ1) is 28.6. The van der Waals surface area contributed by atoms with Gasteiger partial charge in [0.1, 0.15) is 23.9 Å². The molecule has 212 valence electrons. The lowest BCUT2D eigenvalue weighted by atomic mass is 9.96. The number of carbonyl (C=O) groups is 1. The molecule has 2 unspecified atom stereocenters. The van der Waals surface area contributed by atoms with Gasteiger partial charge in [-0.3, -0.25) is 4.79 Å². The number of halogens is 2. The Morgan fingerprint density at radius 3 is 2.63 bits per heavy atom. The summed E-state index contributed by atoms with van der Waals surface area (Å²) >= 11 is 6.24. The van der Waals surface area contributed by atoms with Gasteiger partial charge in [0.15, 0.2) is 0 Å². The van der Waals surface area contributed by atoms with Crippen molar-refractivity contribution >= 4 is 17.6 Å². The van der Waals surface area contributed by atoms with Crippen molar-refractivity contribution in [1.29, 1.82) is 0 Å². The van der Waals surface area contributed by atoms with Crippen molar-refractivity contribution in [1.82, 2.24) is 0 Å². The molecule has 41 heavy (non-hydrogen) atoms. The van der Waals surface area contributed by atoms with Gasteiger partial charge in [-0.15, -0.1) is 0 Å². The van der Waals surface area contributed by atoms with Gasteiger partial charge in [0.2, 0.25) is 0 Å². The number of fused-ring (bicyclic) bond motifs is 1. The van der Waals surface area contributed by atoms with Gasteiger partial charge in [-0.25, -0.2) is 4.39 Å². The van der Waals surface area contributed by atoms with Crippen molar-refractivity contribution in [2.24, 2.45) is 5.73 Å². The Balaban J connectivity index is 1.45. The zero-order valence-corrected chi connectivity index (χ0v) is 23.4. The summed E-state index contributed by atoms with van der Waals surface area (Å²) in [5, 5.41) is 9.89. The molecule has 8 heteroatoms. The predicted octanol–water partition coefficient (Wildman–Crippen LogP) is 7.41. The second-order valence-electron chi connectivity index (χ2n) is 10.1. The molecule has 4 aromatic rings. The van der Waals surface area contributed by atoms with E-state index in [4.69, 9.17) is 31.5 Å². The fourth-order valence-corrected chi connectivity index (χ4v) is 5.21. The van der Waals surface area contributed by atoms with E-state index in [9.17, 15) is 9.90 Å². The highest BCUT2D eigenvalue weighted by molar-refractivity contribution is 6.30. The average Bonchev–Trinajstić information content (AvgIpc) is 2.95.